The first-order valence-electron chi connectivity index (χ1n) is 12.6. The van der Waals surface area contributed by atoms with Crippen LogP contribution in [-0.2, 0) is 0 Å². The van der Waals surface area contributed by atoms with Crippen LogP contribution in [0.5, 0.6) is 0 Å². The van der Waals surface area contributed by atoms with E-state index < -0.39 is 0 Å². The lowest BCUT2D eigenvalue weighted by molar-refractivity contribution is 1.14. The van der Waals surface area contributed by atoms with Gasteiger partial charge in [0, 0.05) is 17.6 Å². The van der Waals surface area contributed by atoms with Crippen LogP contribution in [0.4, 0.5) is 5.69 Å². The Morgan fingerprint density at radius 1 is 0.912 bits per heavy atom. The van der Waals surface area contributed by atoms with Crippen LogP contribution in [0.1, 0.15) is 65.9 Å². The lowest BCUT2D eigenvalue weighted by Crippen LogP contribution is -2.26. The quantitative estimate of drug-likeness (QED) is 0.311. The molecule has 2 aromatic carbocycles. The van der Waals surface area contributed by atoms with Crippen LogP contribution in [0.2, 0.25) is 0 Å². The molecule has 0 N–H and O–H groups in total. The number of rotatable bonds is 11. The molecule has 0 aliphatic rings. The lowest BCUT2D eigenvalue weighted by atomic mass is 9.98. The molecule has 0 fully saturated rings. The van der Waals surface area contributed by atoms with E-state index in [4.69, 9.17) is 0 Å². The maximum atomic E-state index is 4.10. The van der Waals surface area contributed by atoms with E-state index >= 15 is 0 Å². The molecule has 0 saturated heterocycles. The van der Waals surface area contributed by atoms with E-state index in [9.17, 15) is 0 Å². The van der Waals surface area contributed by atoms with E-state index in [0.717, 1.165) is 37.1 Å². The monoisotopic (exact) mass is 451 g/mol. The van der Waals surface area contributed by atoms with Crippen molar-refractivity contribution in [3.63, 3.8) is 0 Å². The molecule has 0 heterocycles. The molecule has 0 radical (unpaired) electrons. The van der Waals surface area contributed by atoms with Gasteiger partial charge in [0.05, 0.1) is 0 Å². The summed E-state index contributed by atoms with van der Waals surface area (Å²) in [5, 5.41) is 2.64. The van der Waals surface area contributed by atoms with Crippen molar-refractivity contribution in [3.05, 3.63) is 125 Å². The van der Waals surface area contributed by atoms with Gasteiger partial charge in [-0.25, -0.2) is 0 Å². The molecule has 178 valence electrons. The number of benzene rings is 2. The molecule has 34 heavy (non-hydrogen) atoms. The third-order valence-electron chi connectivity index (χ3n) is 5.84. The van der Waals surface area contributed by atoms with Crippen molar-refractivity contribution in [2.45, 2.75) is 60.3 Å². The SMILES string of the molecule is C=CN(C(/C=C\C)=C/CC(/C=C\CC)=C/C)c1ccc(/C(CC)=c2\cccc\c2=C\CC)cc1. The van der Waals surface area contributed by atoms with Gasteiger partial charge in [0.2, 0.25) is 0 Å². The zero-order valence-corrected chi connectivity index (χ0v) is 21.7. The first kappa shape index (κ1) is 26.9. The maximum Gasteiger partial charge on any atom is 0.0455 e. The van der Waals surface area contributed by atoms with Crippen molar-refractivity contribution < 1.29 is 0 Å². The van der Waals surface area contributed by atoms with Gasteiger partial charge in [0.15, 0.2) is 0 Å². The number of hydrogen-bond donors (Lipinski definition) is 0. The van der Waals surface area contributed by atoms with Crippen LogP contribution in [-0.4, -0.2) is 0 Å². The molecular formula is C33H41N. The fraction of sp³-hybridized carbons (Fsp3) is 0.273. The van der Waals surface area contributed by atoms with E-state index in [-0.39, 0.29) is 0 Å². The molecule has 0 spiro atoms. The molecule has 1 heteroatoms. The average Bonchev–Trinajstić information content (AvgIpc) is 2.87. The summed E-state index contributed by atoms with van der Waals surface area (Å²) >= 11 is 0. The largest absolute Gasteiger partial charge is 0.318 e. The summed E-state index contributed by atoms with van der Waals surface area (Å²) in [6, 6.07) is 17.6. The molecule has 1 nitrogen and oxygen atoms in total. The van der Waals surface area contributed by atoms with Gasteiger partial charge >= 0.3 is 0 Å². The van der Waals surface area contributed by atoms with Crippen molar-refractivity contribution in [2.24, 2.45) is 0 Å². The predicted molar refractivity (Wildman–Crippen MR) is 153 cm³/mol. The second-order valence-electron chi connectivity index (χ2n) is 8.14. The Balaban J connectivity index is 2.46. The van der Waals surface area contributed by atoms with Gasteiger partial charge in [-0.1, -0.05) is 100 Å². The zero-order valence-electron chi connectivity index (χ0n) is 21.7. The summed E-state index contributed by atoms with van der Waals surface area (Å²) in [5.74, 6) is 0. The third-order valence-corrected chi connectivity index (χ3v) is 5.84. The Morgan fingerprint density at radius 2 is 1.65 bits per heavy atom. The van der Waals surface area contributed by atoms with Crippen LogP contribution in [0.15, 0.2) is 109 Å². The summed E-state index contributed by atoms with van der Waals surface area (Å²) in [6.45, 7) is 14.8. The topological polar surface area (TPSA) is 3.24 Å². The minimum Gasteiger partial charge on any atom is -0.318 e. The maximum absolute atomic E-state index is 4.10. The molecule has 0 aliphatic carbocycles. The minimum absolute atomic E-state index is 0.883. The molecule has 0 aliphatic heterocycles. The molecule has 2 aromatic rings. The molecular weight excluding hydrogens is 410 g/mol. The van der Waals surface area contributed by atoms with Gasteiger partial charge < -0.3 is 4.90 Å². The van der Waals surface area contributed by atoms with E-state index in [1.165, 1.54) is 27.1 Å². The van der Waals surface area contributed by atoms with Crippen molar-refractivity contribution in [1.29, 1.82) is 0 Å². The molecule has 2 rings (SSSR count). The van der Waals surface area contributed by atoms with Gasteiger partial charge in [-0.3, -0.25) is 0 Å². The number of allylic oxidation sites excluding steroid dienone is 7. The zero-order chi connectivity index (χ0) is 24.8. The van der Waals surface area contributed by atoms with Crippen LogP contribution in [0, 0.1) is 0 Å². The van der Waals surface area contributed by atoms with Crippen molar-refractivity contribution in [3.8, 4) is 0 Å². The van der Waals surface area contributed by atoms with Crippen molar-refractivity contribution in [1.82, 2.24) is 0 Å². The molecule has 0 bridgehead atoms. The van der Waals surface area contributed by atoms with E-state index in [1.807, 2.05) is 6.20 Å². The second kappa shape index (κ2) is 14.8. The summed E-state index contributed by atoms with van der Waals surface area (Å²) in [6.07, 6.45) is 21.3. The Bertz CT molecular complexity index is 1150. The normalized spacial score (nSPS) is 14.2. The first-order valence-corrected chi connectivity index (χ1v) is 12.6. The van der Waals surface area contributed by atoms with Crippen LogP contribution in [0.25, 0.3) is 11.6 Å². The summed E-state index contributed by atoms with van der Waals surface area (Å²) in [7, 11) is 0. The average molecular weight is 452 g/mol. The van der Waals surface area contributed by atoms with Crippen LogP contribution >= 0.6 is 0 Å². The van der Waals surface area contributed by atoms with E-state index in [1.54, 1.807) is 0 Å². The summed E-state index contributed by atoms with van der Waals surface area (Å²) < 4.78 is 0. The first-order chi connectivity index (χ1) is 16.6. The smallest absolute Gasteiger partial charge is 0.0455 e. The van der Waals surface area contributed by atoms with E-state index in [2.05, 4.69) is 137 Å². The van der Waals surface area contributed by atoms with Gasteiger partial charge in [0.25, 0.3) is 0 Å². The molecule has 0 atom stereocenters. The highest BCUT2D eigenvalue weighted by Crippen LogP contribution is 2.25. The Labute approximate surface area is 207 Å². The minimum atomic E-state index is 0.883. The highest BCUT2D eigenvalue weighted by Gasteiger charge is 2.08. The van der Waals surface area contributed by atoms with Crippen molar-refractivity contribution in [2.75, 3.05) is 4.90 Å². The third kappa shape index (κ3) is 7.35. The second-order valence-corrected chi connectivity index (χ2v) is 8.14. The van der Waals surface area contributed by atoms with Gasteiger partial charge in [-0.2, -0.15) is 0 Å². The highest BCUT2D eigenvalue weighted by atomic mass is 15.1. The fourth-order valence-corrected chi connectivity index (χ4v) is 4.09. The molecule has 0 amide bonds. The molecule has 0 aromatic heterocycles. The number of nitrogens with zero attached hydrogens (tertiary/aromatic N) is 1. The van der Waals surface area contributed by atoms with Gasteiger partial charge in [0.1, 0.15) is 0 Å². The van der Waals surface area contributed by atoms with Gasteiger partial charge in [-0.05, 0) is 84.9 Å². The summed E-state index contributed by atoms with van der Waals surface area (Å²) in [5.41, 5.74) is 6.19. The lowest BCUT2D eigenvalue weighted by Gasteiger charge is -2.22. The Morgan fingerprint density at radius 3 is 2.24 bits per heavy atom. The van der Waals surface area contributed by atoms with E-state index in [0.29, 0.717) is 0 Å². The van der Waals surface area contributed by atoms with Crippen LogP contribution in [0.3, 0.4) is 0 Å². The Kier molecular flexibility index (Phi) is 11.7. The highest BCUT2D eigenvalue weighted by molar-refractivity contribution is 5.69. The van der Waals surface area contributed by atoms with Crippen molar-refractivity contribution >= 4 is 17.3 Å². The van der Waals surface area contributed by atoms with Gasteiger partial charge in [-0.15, -0.1) is 0 Å². The number of anilines is 1. The predicted octanol–water partition coefficient (Wildman–Crippen LogP) is 8.20. The summed E-state index contributed by atoms with van der Waals surface area (Å²) in [4.78, 5) is 2.16. The molecule has 0 saturated carbocycles. The fourth-order valence-electron chi connectivity index (χ4n) is 4.09. The Hall–Kier alpha value is -3.32. The van der Waals surface area contributed by atoms with Crippen LogP contribution < -0.4 is 15.3 Å². The standard InChI is InChI=1S/C33H41N/c1-7-13-18-27(10-4)21-24-30(17-9-3)34(12-6)31-25-22-29(23-26-31)32(11-5)33-20-15-14-19-28(33)16-8-2/h9-10,12-20,22-26H,6-8,11,21H2,1-5H3/b17-9-,18-13-,27-10+,28-16-,30-24+,33-32+. The molecule has 0 unspecified atom stereocenters. The number of hydrogen-bond acceptors (Lipinski definition) is 1.